The molecule has 174 valence electrons. The number of phenols is 1. The molecule has 0 saturated carbocycles. The molecule has 1 amide bonds. The van der Waals surface area contributed by atoms with Crippen LogP contribution < -0.4 is 9.47 Å². The summed E-state index contributed by atoms with van der Waals surface area (Å²) >= 11 is 0. The molecule has 2 saturated heterocycles. The van der Waals surface area contributed by atoms with E-state index in [4.69, 9.17) is 14.2 Å². The summed E-state index contributed by atoms with van der Waals surface area (Å²) in [5.74, 6) is -1.35. The molecule has 0 aromatic heterocycles. The predicted molar refractivity (Wildman–Crippen MR) is 120 cm³/mol. The number of aromatic hydroxyl groups is 1. The number of hydrogen-bond acceptors (Lipinski definition) is 7. The maximum absolute atomic E-state index is 13.2. The molecule has 4 rings (SSSR count). The number of likely N-dealkylation sites (tertiary alicyclic amines) is 1. The molecule has 33 heavy (non-hydrogen) atoms. The minimum Gasteiger partial charge on any atom is -0.507 e. The molecule has 2 heterocycles. The number of hydrogen-bond donors (Lipinski definition) is 2. The highest BCUT2D eigenvalue weighted by molar-refractivity contribution is 6.46. The number of aliphatic hydroxyl groups excluding tert-OH is 1. The second-order valence-corrected chi connectivity index (χ2v) is 8.22. The number of methoxy groups -OCH3 is 2. The van der Waals surface area contributed by atoms with E-state index in [1.807, 2.05) is 13.0 Å². The third-order valence-electron chi connectivity index (χ3n) is 6.09. The van der Waals surface area contributed by atoms with Crippen molar-refractivity contribution in [1.82, 2.24) is 4.90 Å². The van der Waals surface area contributed by atoms with Crippen molar-refractivity contribution in [2.24, 2.45) is 0 Å². The number of phenolic OH excluding ortho intramolecular Hbond substituents is 1. The molecule has 2 aromatic carbocycles. The van der Waals surface area contributed by atoms with E-state index in [0.717, 1.165) is 18.4 Å². The molecule has 0 aliphatic carbocycles. The number of rotatable bonds is 6. The van der Waals surface area contributed by atoms with Crippen LogP contribution in [-0.4, -0.2) is 60.3 Å². The largest absolute Gasteiger partial charge is 0.507 e. The Morgan fingerprint density at radius 1 is 1.12 bits per heavy atom. The Hall–Kier alpha value is -3.52. The summed E-state index contributed by atoms with van der Waals surface area (Å²) in [6.07, 6.45) is 1.45. The van der Waals surface area contributed by atoms with Gasteiger partial charge in [-0.1, -0.05) is 17.7 Å². The van der Waals surface area contributed by atoms with Crippen LogP contribution in [0.3, 0.4) is 0 Å². The first-order valence-corrected chi connectivity index (χ1v) is 10.8. The van der Waals surface area contributed by atoms with Crippen LogP contribution in [0.15, 0.2) is 42.0 Å². The number of carbonyl (C=O) groups excluding carboxylic acids is 2. The molecule has 8 heteroatoms. The van der Waals surface area contributed by atoms with Crippen molar-refractivity contribution in [2.75, 3.05) is 27.4 Å². The van der Waals surface area contributed by atoms with Gasteiger partial charge in [-0.05, 0) is 49.6 Å². The molecule has 2 atom stereocenters. The fourth-order valence-electron chi connectivity index (χ4n) is 4.45. The van der Waals surface area contributed by atoms with E-state index >= 15 is 0 Å². The molecule has 0 bridgehead atoms. The van der Waals surface area contributed by atoms with Gasteiger partial charge in [0.25, 0.3) is 11.7 Å². The van der Waals surface area contributed by atoms with Gasteiger partial charge in [0.1, 0.15) is 11.5 Å². The number of aryl methyl sites for hydroxylation is 1. The van der Waals surface area contributed by atoms with Gasteiger partial charge in [-0.25, -0.2) is 0 Å². The Labute approximate surface area is 192 Å². The summed E-state index contributed by atoms with van der Waals surface area (Å²) in [5.41, 5.74) is 1.57. The van der Waals surface area contributed by atoms with Crippen LogP contribution in [0.5, 0.6) is 17.2 Å². The zero-order chi connectivity index (χ0) is 23.7. The van der Waals surface area contributed by atoms with Gasteiger partial charge in [0.15, 0.2) is 11.5 Å². The Bertz CT molecular complexity index is 1120. The molecular weight excluding hydrogens is 426 g/mol. The number of carbonyl (C=O) groups is 2. The highest BCUT2D eigenvalue weighted by Crippen LogP contribution is 2.43. The van der Waals surface area contributed by atoms with Gasteiger partial charge in [0.05, 0.1) is 37.5 Å². The van der Waals surface area contributed by atoms with Crippen LogP contribution in [0.25, 0.3) is 5.76 Å². The van der Waals surface area contributed by atoms with Crippen molar-refractivity contribution in [3.05, 3.63) is 58.7 Å². The van der Waals surface area contributed by atoms with Crippen molar-refractivity contribution in [1.29, 1.82) is 0 Å². The Kier molecular flexibility index (Phi) is 6.29. The number of ether oxygens (including phenoxy) is 3. The van der Waals surface area contributed by atoms with E-state index in [2.05, 4.69) is 0 Å². The van der Waals surface area contributed by atoms with Crippen molar-refractivity contribution in [2.45, 2.75) is 31.9 Å². The van der Waals surface area contributed by atoms with Gasteiger partial charge >= 0.3 is 0 Å². The van der Waals surface area contributed by atoms with Crippen molar-refractivity contribution in [3.63, 3.8) is 0 Å². The van der Waals surface area contributed by atoms with Gasteiger partial charge < -0.3 is 29.3 Å². The molecule has 0 spiro atoms. The highest BCUT2D eigenvalue weighted by atomic mass is 16.5. The first-order valence-electron chi connectivity index (χ1n) is 10.8. The van der Waals surface area contributed by atoms with Crippen molar-refractivity contribution >= 4 is 17.4 Å². The first-order chi connectivity index (χ1) is 15.8. The molecule has 8 nitrogen and oxygen atoms in total. The summed E-state index contributed by atoms with van der Waals surface area (Å²) in [7, 11) is 2.90. The molecule has 0 radical (unpaired) electrons. The van der Waals surface area contributed by atoms with E-state index < -0.39 is 17.7 Å². The van der Waals surface area contributed by atoms with Crippen LogP contribution in [0, 0.1) is 6.92 Å². The molecule has 2 fully saturated rings. The van der Waals surface area contributed by atoms with Crippen LogP contribution in [0.1, 0.15) is 35.6 Å². The first kappa shape index (κ1) is 22.7. The fraction of sp³-hybridized carbons (Fsp3) is 0.360. The Balaban J connectivity index is 1.89. The van der Waals surface area contributed by atoms with Crippen LogP contribution in [0.4, 0.5) is 0 Å². The van der Waals surface area contributed by atoms with Crippen LogP contribution in [-0.2, 0) is 14.3 Å². The maximum atomic E-state index is 13.2. The van der Waals surface area contributed by atoms with E-state index in [9.17, 15) is 19.8 Å². The van der Waals surface area contributed by atoms with E-state index in [0.29, 0.717) is 23.5 Å². The number of ketones is 1. The van der Waals surface area contributed by atoms with E-state index in [1.165, 1.54) is 25.2 Å². The van der Waals surface area contributed by atoms with Gasteiger partial charge in [-0.2, -0.15) is 0 Å². The SMILES string of the molecule is COc1ccc(C2/C(=C(\O)c3cc(C)ccc3OC)C(=O)C(=O)N2CC2CCCO2)cc1O. The Morgan fingerprint density at radius 2 is 1.85 bits per heavy atom. The lowest BCUT2D eigenvalue weighted by Gasteiger charge is -2.27. The van der Waals surface area contributed by atoms with Gasteiger partial charge in [0.2, 0.25) is 0 Å². The van der Waals surface area contributed by atoms with Crippen LogP contribution in [0.2, 0.25) is 0 Å². The maximum Gasteiger partial charge on any atom is 0.295 e. The summed E-state index contributed by atoms with van der Waals surface area (Å²) in [6, 6.07) is 8.98. The number of amides is 1. The molecular formula is C25H27NO7. The average Bonchev–Trinajstić information content (AvgIpc) is 3.41. The minimum absolute atomic E-state index is 0.0635. The van der Waals surface area contributed by atoms with E-state index in [-0.39, 0.29) is 35.5 Å². The second kappa shape index (κ2) is 9.15. The average molecular weight is 453 g/mol. The second-order valence-electron chi connectivity index (χ2n) is 8.22. The fourth-order valence-corrected chi connectivity index (χ4v) is 4.45. The lowest BCUT2D eigenvalue weighted by atomic mass is 9.94. The molecule has 2 aromatic rings. The molecule has 2 aliphatic rings. The lowest BCUT2D eigenvalue weighted by Crippen LogP contribution is -2.36. The predicted octanol–water partition coefficient (Wildman–Crippen LogP) is 3.32. The number of Topliss-reactive ketones (excluding diaryl/α,β-unsaturated/α-hetero) is 1. The Morgan fingerprint density at radius 3 is 2.48 bits per heavy atom. The number of benzene rings is 2. The lowest BCUT2D eigenvalue weighted by molar-refractivity contribution is -0.140. The van der Waals surface area contributed by atoms with Crippen molar-refractivity contribution in [3.8, 4) is 17.2 Å². The monoisotopic (exact) mass is 453 g/mol. The van der Waals surface area contributed by atoms with Crippen LogP contribution >= 0.6 is 0 Å². The molecule has 2 aliphatic heterocycles. The van der Waals surface area contributed by atoms with Gasteiger partial charge in [-0.3, -0.25) is 9.59 Å². The minimum atomic E-state index is -0.906. The topological polar surface area (TPSA) is 106 Å². The molecule has 2 N–H and O–H groups in total. The zero-order valence-electron chi connectivity index (χ0n) is 18.8. The van der Waals surface area contributed by atoms with E-state index in [1.54, 1.807) is 24.3 Å². The quantitative estimate of drug-likeness (QED) is 0.393. The summed E-state index contributed by atoms with van der Waals surface area (Å²) in [6.45, 7) is 2.65. The summed E-state index contributed by atoms with van der Waals surface area (Å²) < 4.78 is 16.2. The number of aliphatic hydroxyl groups is 1. The molecule has 2 unspecified atom stereocenters. The number of nitrogens with zero attached hydrogens (tertiary/aromatic N) is 1. The zero-order valence-corrected chi connectivity index (χ0v) is 18.8. The normalized spacial score (nSPS) is 22.1. The summed E-state index contributed by atoms with van der Waals surface area (Å²) in [5, 5.41) is 21.7. The summed E-state index contributed by atoms with van der Waals surface area (Å²) in [4.78, 5) is 27.7. The third kappa shape index (κ3) is 4.14. The highest BCUT2D eigenvalue weighted by Gasteiger charge is 2.47. The van der Waals surface area contributed by atoms with Crippen molar-refractivity contribution < 1.29 is 34.0 Å². The third-order valence-corrected chi connectivity index (χ3v) is 6.09. The van der Waals surface area contributed by atoms with Gasteiger partial charge in [-0.15, -0.1) is 0 Å². The standard InChI is InChI=1S/C25H27NO7/c1-14-6-8-19(31-2)17(11-14)23(28)21-22(15-7-9-20(32-3)18(27)12-15)26(25(30)24(21)29)13-16-5-4-10-33-16/h6-9,11-12,16,22,27-28H,4-5,10,13H2,1-3H3/b23-21+. The smallest absolute Gasteiger partial charge is 0.295 e. The van der Waals surface area contributed by atoms with Gasteiger partial charge in [0, 0.05) is 13.2 Å².